The highest BCUT2D eigenvalue weighted by molar-refractivity contribution is 5.24. The zero-order valence-electron chi connectivity index (χ0n) is 12.3. The first-order chi connectivity index (χ1) is 8.36. The Labute approximate surface area is 110 Å². The number of rotatable bonds is 3. The van der Waals surface area contributed by atoms with Gasteiger partial charge in [-0.15, -0.1) is 0 Å². The van der Waals surface area contributed by atoms with E-state index in [1.54, 1.807) is 0 Å². The van der Waals surface area contributed by atoms with Crippen LogP contribution in [0.3, 0.4) is 0 Å². The normalized spacial score (nSPS) is 21.7. The van der Waals surface area contributed by atoms with Crippen molar-refractivity contribution < 1.29 is 0 Å². The van der Waals surface area contributed by atoms with E-state index in [9.17, 15) is 0 Å². The van der Waals surface area contributed by atoms with Crippen LogP contribution >= 0.6 is 0 Å². The first-order valence-corrected chi connectivity index (χ1v) is 6.81. The minimum Gasteiger partial charge on any atom is -0.308 e. The molecule has 4 heteroatoms. The van der Waals surface area contributed by atoms with Crippen molar-refractivity contribution in [3.05, 3.63) is 17.5 Å². The molecule has 18 heavy (non-hydrogen) atoms. The summed E-state index contributed by atoms with van der Waals surface area (Å²) >= 11 is 0. The van der Waals surface area contributed by atoms with Crippen LogP contribution in [0, 0.1) is 0 Å². The fraction of sp³-hybridized carbons (Fsp3) is 0.786. The third kappa shape index (κ3) is 3.12. The summed E-state index contributed by atoms with van der Waals surface area (Å²) in [7, 11) is 4.19. The van der Waals surface area contributed by atoms with Gasteiger partial charge >= 0.3 is 0 Å². The number of likely N-dealkylation sites (N-methyl/N-ethyl adjacent to an activating group) is 1. The predicted octanol–water partition coefficient (Wildman–Crippen LogP) is 1.51. The molecule has 2 heterocycles. The summed E-state index contributed by atoms with van der Waals surface area (Å²) in [5.41, 5.74) is 2.66. The van der Waals surface area contributed by atoms with Crippen molar-refractivity contribution in [1.29, 1.82) is 0 Å². The SMILES string of the molecule is CN1CCC(NCc2cn(C)nc2C(C)(C)C)C1. The average molecular weight is 250 g/mol. The highest BCUT2D eigenvalue weighted by Gasteiger charge is 2.23. The maximum atomic E-state index is 4.61. The molecule has 0 spiro atoms. The lowest BCUT2D eigenvalue weighted by atomic mass is 9.89. The number of likely N-dealkylation sites (tertiary alicyclic amines) is 1. The van der Waals surface area contributed by atoms with Gasteiger partial charge in [0, 0.05) is 43.4 Å². The molecular weight excluding hydrogens is 224 g/mol. The summed E-state index contributed by atoms with van der Waals surface area (Å²) in [5, 5.41) is 8.27. The fourth-order valence-electron chi connectivity index (χ4n) is 2.65. The quantitative estimate of drug-likeness (QED) is 0.883. The van der Waals surface area contributed by atoms with Crippen molar-refractivity contribution in [3.8, 4) is 0 Å². The van der Waals surface area contributed by atoms with E-state index in [1.165, 1.54) is 24.2 Å². The molecule has 0 saturated carbocycles. The molecule has 1 aliphatic rings. The van der Waals surface area contributed by atoms with Crippen molar-refractivity contribution in [3.63, 3.8) is 0 Å². The second kappa shape index (κ2) is 5.02. The number of nitrogens with zero attached hydrogens (tertiary/aromatic N) is 3. The Morgan fingerprint density at radius 2 is 2.11 bits per heavy atom. The zero-order chi connectivity index (χ0) is 13.3. The molecule has 4 nitrogen and oxygen atoms in total. The summed E-state index contributed by atoms with van der Waals surface area (Å²) in [6, 6.07) is 0.628. The van der Waals surface area contributed by atoms with Gasteiger partial charge in [0.2, 0.25) is 0 Å². The van der Waals surface area contributed by atoms with Gasteiger partial charge < -0.3 is 10.2 Å². The van der Waals surface area contributed by atoms with E-state index in [0.717, 1.165) is 13.1 Å². The molecule has 102 valence electrons. The zero-order valence-corrected chi connectivity index (χ0v) is 12.3. The van der Waals surface area contributed by atoms with Gasteiger partial charge in [-0.3, -0.25) is 4.68 Å². The van der Waals surface area contributed by atoms with Gasteiger partial charge in [-0.1, -0.05) is 20.8 Å². The first kappa shape index (κ1) is 13.6. The Kier molecular flexibility index (Phi) is 3.78. The molecule has 1 fully saturated rings. The van der Waals surface area contributed by atoms with E-state index in [0.29, 0.717) is 6.04 Å². The van der Waals surface area contributed by atoms with Gasteiger partial charge in [0.25, 0.3) is 0 Å². The Hall–Kier alpha value is -0.870. The summed E-state index contributed by atoms with van der Waals surface area (Å²) in [4.78, 5) is 2.38. The van der Waals surface area contributed by atoms with Gasteiger partial charge in [0.1, 0.15) is 0 Å². The van der Waals surface area contributed by atoms with E-state index < -0.39 is 0 Å². The van der Waals surface area contributed by atoms with E-state index in [4.69, 9.17) is 0 Å². The molecule has 1 aromatic heterocycles. The molecule has 0 aromatic carbocycles. The van der Waals surface area contributed by atoms with Crippen molar-refractivity contribution in [2.45, 2.75) is 45.2 Å². The highest BCUT2D eigenvalue weighted by atomic mass is 15.3. The van der Waals surface area contributed by atoms with E-state index in [2.05, 4.69) is 49.3 Å². The lowest BCUT2D eigenvalue weighted by molar-refractivity contribution is 0.397. The molecule has 0 radical (unpaired) electrons. The Morgan fingerprint density at radius 3 is 2.67 bits per heavy atom. The number of aromatic nitrogens is 2. The number of aryl methyl sites for hydroxylation is 1. The minimum absolute atomic E-state index is 0.116. The Bertz CT molecular complexity index is 402. The first-order valence-electron chi connectivity index (χ1n) is 6.81. The smallest absolute Gasteiger partial charge is 0.0722 e. The van der Waals surface area contributed by atoms with Crippen molar-refractivity contribution in [2.75, 3.05) is 20.1 Å². The number of hydrogen-bond acceptors (Lipinski definition) is 3. The van der Waals surface area contributed by atoms with Gasteiger partial charge in [0.15, 0.2) is 0 Å². The summed E-state index contributed by atoms with van der Waals surface area (Å²) < 4.78 is 1.93. The average Bonchev–Trinajstić information content (AvgIpc) is 2.81. The van der Waals surface area contributed by atoms with Gasteiger partial charge in [-0.2, -0.15) is 5.10 Å². The summed E-state index contributed by atoms with van der Waals surface area (Å²) in [6.45, 7) is 9.97. The van der Waals surface area contributed by atoms with Crippen LogP contribution in [-0.2, 0) is 19.0 Å². The predicted molar refractivity (Wildman–Crippen MR) is 74.6 cm³/mol. The maximum Gasteiger partial charge on any atom is 0.0722 e. The molecule has 1 unspecified atom stereocenters. The largest absolute Gasteiger partial charge is 0.308 e. The molecule has 1 aromatic rings. The second-order valence-electron chi connectivity index (χ2n) is 6.56. The Morgan fingerprint density at radius 1 is 1.39 bits per heavy atom. The number of hydrogen-bond donors (Lipinski definition) is 1. The Balaban J connectivity index is 2.01. The highest BCUT2D eigenvalue weighted by Crippen LogP contribution is 2.24. The molecule has 2 rings (SSSR count). The molecule has 0 bridgehead atoms. The molecule has 0 amide bonds. The third-order valence-corrected chi connectivity index (χ3v) is 3.59. The van der Waals surface area contributed by atoms with E-state index >= 15 is 0 Å². The maximum absolute atomic E-state index is 4.61. The van der Waals surface area contributed by atoms with Gasteiger partial charge in [0.05, 0.1) is 5.69 Å². The molecular formula is C14H26N4. The van der Waals surface area contributed by atoms with Crippen LogP contribution in [0.15, 0.2) is 6.20 Å². The monoisotopic (exact) mass is 250 g/mol. The van der Waals surface area contributed by atoms with Crippen LogP contribution in [-0.4, -0.2) is 40.9 Å². The van der Waals surface area contributed by atoms with E-state index in [-0.39, 0.29) is 5.41 Å². The van der Waals surface area contributed by atoms with Crippen molar-refractivity contribution >= 4 is 0 Å². The molecule has 1 N–H and O–H groups in total. The minimum atomic E-state index is 0.116. The van der Waals surface area contributed by atoms with E-state index in [1.807, 2.05) is 11.7 Å². The lowest BCUT2D eigenvalue weighted by Gasteiger charge is -2.19. The van der Waals surface area contributed by atoms with Crippen LogP contribution in [0.2, 0.25) is 0 Å². The van der Waals surface area contributed by atoms with Gasteiger partial charge in [-0.25, -0.2) is 0 Å². The molecule has 1 atom stereocenters. The third-order valence-electron chi connectivity index (χ3n) is 3.59. The topological polar surface area (TPSA) is 33.1 Å². The standard InChI is InChI=1S/C14H26N4/c1-14(2,3)13-11(9-18(5)16-13)8-15-12-6-7-17(4)10-12/h9,12,15H,6-8,10H2,1-5H3. The van der Waals surface area contributed by atoms with Crippen LogP contribution < -0.4 is 5.32 Å². The van der Waals surface area contributed by atoms with Gasteiger partial charge in [-0.05, 0) is 20.0 Å². The fourth-order valence-corrected chi connectivity index (χ4v) is 2.65. The van der Waals surface area contributed by atoms with Crippen molar-refractivity contribution in [1.82, 2.24) is 20.0 Å². The second-order valence-corrected chi connectivity index (χ2v) is 6.56. The van der Waals surface area contributed by atoms with Crippen molar-refractivity contribution in [2.24, 2.45) is 7.05 Å². The van der Waals surface area contributed by atoms with Crippen LogP contribution in [0.5, 0.6) is 0 Å². The van der Waals surface area contributed by atoms with Crippen LogP contribution in [0.25, 0.3) is 0 Å². The molecule has 0 aliphatic carbocycles. The lowest BCUT2D eigenvalue weighted by Crippen LogP contribution is -2.31. The summed E-state index contributed by atoms with van der Waals surface area (Å²) in [5.74, 6) is 0. The molecule has 1 saturated heterocycles. The summed E-state index contributed by atoms with van der Waals surface area (Å²) in [6.07, 6.45) is 3.40. The van der Waals surface area contributed by atoms with Crippen LogP contribution in [0.4, 0.5) is 0 Å². The van der Waals surface area contributed by atoms with Crippen LogP contribution in [0.1, 0.15) is 38.4 Å². The molecule has 1 aliphatic heterocycles. The number of nitrogens with one attached hydrogen (secondary N) is 1.